The summed E-state index contributed by atoms with van der Waals surface area (Å²) in [6, 6.07) is 14.0. The molecule has 136 valence electrons. The van der Waals surface area contributed by atoms with Gasteiger partial charge in [0.2, 0.25) is 5.16 Å². The molecule has 2 aromatic carbocycles. The molecule has 0 aliphatic heterocycles. The van der Waals surface area contributed by atoms with Gasteiger partial charge in [-0.2, -0.15) is 4.68 Å². The SMILES string of the molecule is COc1ccc(C)cc1-n1nnnc1SCCCOc1cccc(C)c1. The highest BCUT2D eigenvalue weighted by Crippen LogP contribution is 2.27. The summed E-state index contributed by atoms with van der Waals surface area (Å²) in [6.07, 6.45) is 0.899. The van der Waals surface area contributed by atoms with E-state index in [4.69, 9.17) is 9.47 Å². The van der Waals surface area contributed by atoms with Gasteiger partial charge in [-0.05, 0) is 66.1 Å². The highest BCUT2D eigenvalue weighted by Gasteiger charge is 2.13. The first kappa shape index (κ1) is 18.3. The highest BCUT2D eigenvalue weighted by atomic mass is 32.2. The fraction of sp³-hybridized carbons (Fsp3) is 0.316. The summed E-state index contributed by atoms with van der Waals surface area (Å²) in [6.45, 7) is 4.75. The van der Waals surface area contributed by atoms with Crippen molar-refractivity contribution in [3.8, 4) is 17.2 Å². The second-order valence-corrected chi connectivity index (χ2v) is 6.98. The second-order valence-electron chi connectivity index (χ2n) is 5.92. The van der Waals surface area contributed by atoms with Gasteiger partial charge in [0.25, 0.3) is 0 Å². The number of thioether (sulfide) groups is 1. The average molecular weight is 370 g/mol. The largest absolute Gasteiger partial charge is 0.494 e. The maximum Gasteiger partial charge on any atom is 0.214 e. The van der Waals surface area contributed by atoms with Crippen molar-refractivity contribution in [2.24, 2.45) is 0 Å². The number of nitrogens with zero attached hydrogens (tertiary/aromatic N) is 4. The Hall–Kier alpha value is -2.54. The van der Waals surface area contributed by atoms with E-state index in [1.54, 1.807) is 23.6 Å². The van der Waals surface area contributed by atoms with Crippen LogP contribution in [0.1, 0.15) is 17.5 Å². The molecule has 0 amide bonds. The summed E-state index contributed by atoms with van der Waals surface area (Å²) in [4.78, 5) is 0. The van der Waals surface area contributed by atoms with E-state index >= 15 is 0 Å². The smallest absolute Gasteiger partial charge is 0.214 e. The molecule has 1 heterocycles. The van der Waals surface area contributed by atoms with Gasteiger partial charge in [0, 0.05) is 5.75 Å². The predicted molar refractivity (Wildman–Crippen MR) is 102 cm³/mol. The fourth-order valence-corrected chi connectivity index (χ4v) is 3.30. The number of tetrazole rings is 1. The van der Waals surface area contributed by atoms with E-state index in [9.17, 15) is 0 Å². The summed E-state index contributed by atoms with van der Waals surface area (Å²) in [5, 5.41) is 12.8. The van der Waals surface area contributed by atoms with Crippen molar-refractivity contribution < 1.29 is 9.47 Å². The van der Waals surface area contributed by atoms with Crippen LogP contribution < -0.4 is 9.47 Å². The first-order valence-electron chi connectivity index (χ1n) is 8.43. The van der Waals surface area contributed by atoms with Crippen LogP contribution in [-0.2, 0) is 0 Å². The number of aromatic nitrogens is 4. The molecule has 0 aliphatic carbocycles. The summed E-state index contributed by atoms with van der Waals surface area (Å²) < 4.78 is 12.9. The van der Waals surface area contributed by atoms with Crippen molar-refractivity contribution in [1.82, 2.24) is 20.2 Å². The van der Waals surface area contributed by atoms with E-state index in [-0.39, 0.29) is 0 Å². The standard InChI is InChI=1S/C19H22N4O2S/c1-14-6-4-7-16(12-14)25-10-5-11-26-19-20-21-22-23(19)17-13-15(2)8-9-18(17)24-3/h4,6-9,12-13H,5,10-11H2,1-3H3. The number of hydrogen-bond donors (Lipinski definition) is 0. The monoisotopic (exact) mass is 370 g/mol. The average Bonchev–Trinajstić information content (AvgIpc) is 3.10. The maximum atomic E-state index is 5.78. The summed E-state index contributed by atoms with van der Waals surface area (Å²) in [5.41, 5.74) is 3.16. The lowest BCUT2D eigenvalue weighted by atomic mass is 10.2. The zero-order valence-corrected chi connectivity index (χ0v) is 16.0. The lowest BCUT2D eigenvalue weighted by Crippen LogP contribution is -2.03. The van der Waals surface area contributed by atoms with Crippen LogP contribution in [0.5, 0.6) is 11.5 Å². The van der Waals surface area contributed by atoms with Crippen LogP contribution in [0.3, 0.4) is 0 Å². The topological polar surface area (TPSA) is 62.1 Å². The molecular formula is C19H22N4O2S. The van der Waals surface area contributed by atoms with Gasteiger partial charge in [-0.3, -0.25) is 0 Å². The van der Waals surface area contributed by atoms with E-state index < -0.39 is 0 Å². The Bertz CT molecular complexity index is 866. The molecule has 0 saturated heterocycles. The molecule has 0 aliphatic rings. The Balaban J connectivity index is 1.57. The van der Waals surface area contributed by atoms with E-state index in [1.165, 1.54) is 5.56 Å². The molecule has 1 aromatic heterocycles. The number of aryl methyl sites for hydroxylation is 2. The molecule has 0 bridgehead atoms. The zero-order valence-electron chi connectivity index (χ0n) is 15.2. The van der Waals surface area contributed by atoms with Crippen LogP contribution in [0.15, 0.2) is 47.6 Å². The third kappa shape index (κ3) is 4.54. The molecule has 7 heteroatoms. The molecule has 0 N–H and O–H groups in total. The van der Waals surface area contributed by atoms with Gasteiger partial charge < -0.3 is 9.47 Å². The normalized spacial score (nSPS) is 10.7. The Kier molecular flexibility index (Phi) is 6.12. The Morgan fingerprint density at radius 2 is 1.92 bits per heavy atom. The van der Waals surface area contributed by atoms with Crippen molar-refractivity contribution in [2.45, 2.75) is 25.4 Å². The summed E-state index contributed by atoms with van der Waals surface area (Å²) in [7, 11) is 1.65. The molecule has 3 rings (SSSR count). The zero-order chi connectivity index (χ0) is 18.4. The van der Waals surface area contributed by atoms with Gasteiger partial charge in [0.05, 0.1) is 13.7 Å². The molecule has 0 unspecified atom stereocenters. The third-order valence-corrected chi connectivity index (χ3v) is 4.79. The van der Waals surface area contributed by atoms with Crippen LogP contribution in [0.4, 0.5) is 0 Å². The van der Waals surface area contributed by atoms with Crippen LogP contribution in [0.2, 0.25) is 0 Å². The van der Waals surface area contributed by atoms with Crippen molar-refractivity contribution in [1.29, 1.82) is 0 Å². The predicted octanol–water partition coefficient (Wildman–Crippen LogP) is 3.85. The fourth-order valence-electron chi connectivity index (χ4n) is 2.50. The van der Waals surface area contributed by atoms with Gasteiger partial charge in [0.1, 0.15) is 17.2 Å². The minimum absolute atomic E-state index is 0.659. The Labute approximate surface area is 157 Å². The van der Waals surface area contributed by atoms with Crippen LogP contribution >= 0.6 is 11.8 Å². The molecule has 26 heavy (non-hydrogen) atoms. The highest BCUT2D eigenvalue weighted by molar-refractivity contribution is 7.99. The summed E-state index contributed by atoms with van der Waals surface area (Å²) in [5.74, 6) is 2.51. The number of methoxy groups -OCH3 is 1. The van der Waals surface area contributed by atoms with Gasteiger partial charge in [0.15, 0.2) is 0 Å². The quantitative estimate of drug-likeness (QED) is 0.443. The third-order valence-electron chi connectivity index (χ3n) is 3.78. The lowest BCUT2D eigenvalue weighted by molar-refractivity contribution is 0.318. The molecule has 3 aromatic rings. The molecule has 0 atom stereocenters. The number of ether oxygens (including phenoxy) is 2. The van der Waals surface area contributed by atoms with E-state index in [0.29, 0.717) is 6.61 Å². The number of benzene rings is 2. The molecule has 0 radical (unpaired) electrons. The van der Waals surface area contributed by atoms with Gasteiger partial charge in [-0.25, -0.2) is 0 Å². The lowest BCUT2D eigenvalue weighted by Gasteiger charge is -2.10. The molecular weight excluding hydrogens is 348 g/mol. The van der Waals surface area contributed by atoms with Crippen molar-refractivity contribution in [3.63, 3.8) is 0 Å². The molecule has 0 fully saturated rings. The first-order valence-corrected chi connectivity index (χ1v) is 9.41. The number of rotatable bonds is 8. The van der Waals surface area contributed by atoms with E-state index in [2.05, 4.69) is 28.5 Å². The van der Waals surface area contributed by atoms with Gasteiger partial charge >= 0.3 is 0 Å². The molecule has 6 nitrogen and oxygen atoms in total. The minimum atomic E-state index is 0.659. The van der Waals surface area contributed by atoms with E-state index in [1.807, 2.05) is 43.3 Å². The second kappa shape index (κ2) is 8.71. The molecule has 0 saturated carbocycles. The number of hydrogen-bond acceptors (Lipinski definition) is 6. The van der Waals surface area contributed by atoms with Gasteiger partial charge in [-0.15, -0.1) is 5.10 Å². The van der Waals surface area contributed by atoms with Crippen molar-refractivity contribution >= 4 is 11.8 Å². The van der Waals surface area contributed by atoms with Crippen LogP contribution in [0.25, 0.3) is 5.69 Å². The van der Waals surface area contributed by atoms with E-state index in [0.717, 1.165) is 40.1 Å². The van der Waals surface area contributed by atoms with Crippen molar-refractivity contribution in [3.05, 3.63) is 53.6 Å². The summed E-state index contributed by atoms with van der Waals surface area (Å²) >= 11 is 1.60. The van der Waals surface area contributed by atoms with Crippen LogP contribution in [-0.4, -0.2) is 39.7 Å². The first-order chi connectivity index (χ1) is 12.7. The van der Waals surface area contributed by atoms with Crippen molar-refractivity contribution in [2.75, 3.05) is 19.5 Å². The Morgan fingerprint density at radius 1 is 1.08 bits per heavy atom. The molecule has 0 spiro atoms. The Morgan fingerprint density at radius 3 is 2.73 bits per heavy atom. The maximum absolute atomic E-state index is 5.78. The van der Waals surface area contributed by atoms with Gasteiger partial charge in [-0.1, -0.05) is 30.0 Å². The minimum Gasteiger partial charge on any atom is -0.494 e. The van der Waals surface area contributed by atoms with Crippen LogP contribution in [0, 0.1) is 13.8 Å².